The summed E-state index contributed by atoms with van der Waals surface area (Å²) in [6.45, 7) is 7.63. The minimum Gasteiger partial charge on any atom is -0.314 e. The van der Waals surface area contributed by atoms with Crippen molar-refractivity contribution in [3.05, 3.63) is 10.5 Å². The molecular weight excluding hydrogens is 182 g/mol. The highest BCUT2D eigenvalue weighted by atomic mass is 32.1. The Morgan fingerprint density at radius 2 is 2.31 bits per heavy atom. The fourth-order valence-electron chi connectivity index (χ4n) is 1.14. The Hall–Kier alpha value is -0.480. The Morgan fingerprint density at radius 3 is 2.85 bits per heavy atom. The molecule has 13 heavy (non-hydrogen) atoms. The first kappa shape index (κ1) is 10.6. The number of aromatic nitrogens is 2. The van der Waals surface area contributed by atoms with Crippen molar-refractivity contribution < 1.29 is 0 Å². The molecule has 0 spiro atoms. The second kappa shape index (κ2) is 5.29. The van der Waals surface area contributed by atoms with Crippen LogP contribution in [-0.2, 0) is 0 Å². The number of nitrogens with one attached hydrogen (secondary N) is 1. The molecular formula is C9H17N3S. The third-order valence-corrected chi connectivity index (χ3v) is 3.13. The van der Waals surface area contributed by atoms with Gasteiger partial charge in [-0.15, -0.1) is 21.5 Å². The quantitative estimate of drug-likeness (QED) is 0.788. The predicted molar refractivity (Wildman–Crippen MR) is 56.1 cm³/mol. The van der Waals surface area contributed by atoms with E-state index in [9.17, 15) is 0 Å². The van der Waals surface area contributed by atoms with Crippen LogP contribution in [0.25, 0.3) is 0 Å². The van der Waals surface area contributed by atoms with Crippen molar-refractivity contribution in [1.82, 2.24) is 15.5 Å². The monoisotopic (exact) mass is 199 g/mol. The molecule has 3 nitrogen and oxygen atoms in total. The van der Waals surface area contributed by atoms with E-state index in [0.29, 0.717) is 12.0 Å². The predicted octanol–water partition coefficient (Wildman–Crippen LogP) is 2.03. The molecule has 4 heteroatoms. The van der Waals surface area contributed by atoms with Gasteiger partial charge in [-0.3, -0.25) is 0 Å². The zero-order valence-corrected chi connectivity index (χ0v) is 9.27. The van der Waals surface area contributed by atoms with Crippen LogP contribution in [0.4, 0.5) is 0 Å². The van der Waals surface area contributed by atoms with Crippen LogP contribution in [0, 0.1) is 0 Å². The molecule has 0 aliphatic rings. The van der Waals surface area contributed by atoms with Crippen molar-refractivity contribution in [2.45, 2.75) is 39.2 Å². The highest BCUT2D eigenvalue weighted by Gasteiger charge is 2.15. The first-order chi connectivity index (χ1) is 6.25. The summed E-state index contributed by atoms with van der Waals surface area (Å²) in [5.41, 5.74) is 1.79. The number of hydrogen-bond acceptors (Lipinski definition) is 4. The standard InChI is InChI=1S/C9H17N3S/c1-4-5-10-8(3)7(2)9-12-11-6-13-9/h6-8,10H,4-5H2,1-3H3. The summed E-state index contributed by atoms with van der Waals surface area (Å²) < 4.78 is 0. The maximum Gasteiger partial charge on any atom is 0.121 e. The van der Waals surface area contributed by atoms with Gasteiger partial charge in [0.1, 0.15) is 10.5 Å². The molecule has 0 fully saturated rings. The average Bonchev–Trinajstić information content (AvgIpc) is 2.65. The van der Waals surface area contributed by atoms with E-state index in [1.165, 1.54) is 6.42 Å². The minimum atomic E-state index is 0.457. The lowest BCUT2D eigenvalue weighted by Gasteiger charge is -2.18. The maximum atomic E-state index is 4.07. The van der Waals surface area contributed by atoms with Gasteiger partial charge >= 0.3 is 0 Å². The first-order valence-corrected chi connectivity index (χ1v) is 5.63. The van der Waals surface area contributed by atoms with E-state index in [-0.39, 0.29) is 0 Å². The Balaban J connectivity index is 2.43. The van der Waals surface area contributed by atoms with Gasteiger partial charge in [-0.2, -0.15) is 0 Å². The summed E-state index contributed by atoms with van der Waals surface area (Å²) in [5, 5.41) is 12.5. The molecule has 1 heterocycles. The Labute approximate surface area is 83.6 Å². The van der Waals surface area contributed by atoms with Crippen molar-refractivity contribution in [1.29, 1.82) is 0 Å². The lowest BCUT2D eigenvalue weighted by Crippen LogP contribution is -2.31. The lowest BCUT2D eigenvalue weighted by molar-refractivity contribution is 0.478. The fraction of sp³-hybridized carbons (Fsp3) is 0.778. The fourth-order valence-corrected chi connectivity index (χ4v) is 1.86. The minimum absolute atomic E-state index is 0.457. The lowest BCUT2D eigenvalue weighted by atomic mass is 10.1. The summed E-state index contributed by atoms with van der Waals surface area (Å²) in [6, 6.07) is 0.480. The molecule has 0 aliphatic carbocycles. The third kappa shape index (κ3) is 3.04. The molecule has 1 aromatic heterocycles. The van der Waals surface area contributed by atoms with Gasteiger partial charge in [-0.05, 0) is 19.9 Å². The van der Waals surface area contributed by atoms with E-state index >= 15 is 0 Å². The van der Waals surface area contributed by atoms with Gasteiger partial charge in [-0.1, -0.05) is 13.8 Å². The van der Waals surface area contributed by atoms with Gasteiger partial charge in [0, 0.05) is 12.0 Å². The zero-order chi connectivity index (χ0) is 9.68. The van der Waals surface area contributed by atoms with Crippen LogP contribution in [0.1, 0.15) is 38.1 Å². The van der Waals surface area contributed by atoms with Gasteiger partial charge in [-0.25, -0.2) is 0 Å². The summed E-state index contributed by atoms with van der Waals surface area (Å²) in [4.78, 5) is 0. The van der Waals surface area contributed by atoms with E-state index in [1.807, 2.05) is 0 Å². The molecule has 74 valence electrons. The molecule has 1 rings (SSSR count). The van der Waals surface area contributed by atoms with Crippen LogP contribution in [0.3, 0.4) is 0 Å². The first-order valence-electron chi connectivity index (χ1n) is 4.75. The maximum absolute atomic E-state index is 4.07. The average molecular weight is 199 g/mol. The number of hydrogen-bond donors (Lipinski definition) is 1. The van der Waals surface area contributed by atoms with Crippen molar-refractivity contribution in [3.63, 3.8) is 0 Å². The van der Waals surface area contributed by atoms with Crippen molar-refractivity contribution >= 4 is 11.3 Å². The number of rotatable bonds is 5. The Kier molecular flexibility index (Phi) is 4.32. The molecule has 0 radical (unpaired) electrons. The molecule has 0 saturated carbocycles. The Bertz CT molecular complexity index is 223. The summed E-state index contributed by atoms with van der Waals surface area (Å²) >= 11 is 1.63. The van der Waals surface area contributed by atoms with Gasteiger partial charge < -0.3 is 5.32 Å². The van der Waals surface area contributed by atoms with E-state index in [2.05, 4.69) is 36.3 Å². The van der Waals surface area contributed by atoms with E-state index in [4.69, 9.17) is 0 Å². The molecule has 1 N–H and O–H groups in total. The normalized spacial score (nSPS) is 15.6. The van der Waals surface area contributed by atoms with Gasteiger partial charge in [0.05, 0.1) is 0 Å². The molecule has 0 bridgehead atoms. The van der Waals surface area contributed by atoms with Crippen LogP contribution in [-0.4, -0.2) is 22.8 Å². The second-order valence-corrected chi connectivity index (χ2v) is 4.17. The smallest absolute Gasteiger partial charge is 0.121 e. The molecule has 0 aromatic carbocycles. The van der Waals surface area contributed by atoms with Gasteiger partial charge in [0.25, 0.3) is 0 Å². The highest BCUT2D eigenvalue weighted by molar-refractivity contribution is 7.09. The summed E-state index contributed by atoms with van der Waals surface area (Å²) in [7, 11) is 0. The van der Waals surface area contributed by atoms with Crippen LogP contribution < -0.4 is 5.32 Å². The highest BCUT2D eigenvalue weighted by Crippen LogP contribution is 2.19. The van der Waals surface area contributed by atoms with Crippen LogP contribution in [0.2, 0.25) is 0 Å². The Morgan fingerprint density at radius 1 is 1.54 bits per heavy atom. The molecule has 2 unspecified atom stereocenters. The second-order valence-electron chi connectivity index (χ2n) is 3.31. The van der Waals surface area contributed by atoms with E-state index < -0.39 is 0 Å². The SMILES string of the molecule is CCCNC(C)C(C)c1nncs1. The van der Waals surface area contributed by atoms with Gasteiger partial charge in [0.2, 0.25) is 0 Å². The van der Waals surface area contributed by atoms with E-state index in [1.54, 1.807) is 16.8 Å². The van der Waals surface area contributed by atoms with E-state index in [0.717, 1.165) is 11.6 Å². The zero-order valence-electron chi connectivity index (χ0n) is 8.45. The van der Waals surface area contributed by atoms with Crippen LogP contribution in [0.5, 0.6) is 0 Å². The summed E-state index contributed by atoms with van der Waals surface area (Å²) in [5.74, 6) is 0.457. The largest absolute Gasteiger partial charge is 0.314 e. The van der Waals surface area contributed by atoms with Gasteiger partial charge in [0.15, 0.2) is 0 Å². The molecule has 0 amide bonds. The summed E-state index contributed by atoms with van der Waals surface area (Å²) in [6.07, 6.45) is 1.17. The van der Waals surface area contributed by atoms with Crippen molar-refractivity contribution in [2.24, 2.45) is 0 Å². The van der Waals surface area contributed by atoms with Crippen molar-refractivity contribution in [2.75, 3.05) is 6.54 Å². The third-order valence-electron chi connectivity index (χ3n) is 2.23. The van der Waals surface area contributed by atoms with Crippen molar-refractivity contribution in [3.8, 4) is 0 Å². The molecule has 0 saturated heterocycles. The molecule has 1 aromatic rings. The molecule has 2 atom stereocenters. The topological polar surface area (TPSA) is 37.8 Å². The number of nitrogens with zero attached hydrogens (tertiary/aromatic N) is 2. The molecule has 0 aliphatic heterocycles. The van der Waals surface area contributed by atoms with Crippen LogP contribution in [0.15, 0.2) is 5.51 Å². The van der Waals surface area contributed by atoms with Crippen LogP contribution >= 0.6 is 11.3 Å².